The standard InChI is InChI=1S/C64H66N8O4/c1-9-67(10-2)45-28-32-53-57(37-45)75-58-38-46(68(11-3)12-4)29-33-54(58)63(53)51-26-19-17-24-49(51)61(73)71(63)65-41-43-22-21-23-44(36-43)42-66-72-62(74)50-25-18-20-27-52(50)64(72)55-34-30-47(69(13-5)14-6)39-59(55)76-60-40-48(31-35-56(60)64)70(15-7)16-8/h17-42H,9-16H2,1-8H3/b65-41+,66-42+. The number of carbonyl (C=O) groups is 2. The van der Waals surface area contributed by atoms with Crippen LogP contribution in [0.4, 0.5) is 22.7 Å². The predicted octanol–water partition coefficient (Wildman–Crippen LogP) is 12.8. The maximum atomic E-state index is 15.1. The second-order valence-corrected chi connectivity index (χ2v) is 19.5. The van der Waals surface area contributed by atoms with Gasteiger partial charge in [-0.1, -0.05) is 78.9 Å². The summed E-state index contributed by atoms with van der Waals surface area (Å²) < 4.78 is 13.9. The van der Waals surface area contributed by atoms with Gasteiger partial charge in [0.2, 0.25) is 0 Å². The Hall–Kier alpha value is -8.38. The lowest BCUT2D eigenvalue weighted by Crippen LogP contribution is -2.44. The zero-order chi connectivity index (χ0) is 52.9. The maximum Gasteiger partial charge on any atom is 0.275 e. The van der Waals surface area contributed by atoms with Gasteiger partial charge in [-0.3, -0.25) is 9.59 Å². The van der Waals surface area contributed by atoms with Gasteiger partial charge in [-0.15, -0.1) is 0 Å². The van der Waals surface area contributed by atoms with Gasteiger partial charge in [0.25, 0.3) is 11.8 Å². The average Bonchev–Trinajstić information content (AvgIpc) is 3.96. The molecule has 0 N–H and O–H groups in total. The van der Waals surface area contributed by atoms with Crippen molar-refractivity contribution in [3.05, 3.63) is 201 Å². The second kappa shape index (κ2) is 20.0. The summed E-state index contributed by atoms with van der Waals surface area (Å²) in [4.78, 5) is 39.3. The minimum Gasteiger partial charge on any atom is -0.456 e. The number of benzene rings is 7. The van der Waals surface area contributed by atoms with Crippen molar-refractivity contribution in [3.8, 4) is 23.0 Å². The molecule has 2 spiro atoms. The van der Waals surface area contributed by atoms with Crippen molar-refractivity contribution >= 4 is 47.0 Å². The summed E-state index contributed by atoms with van der Waals surface area (Å²) in [5.74, 6) is 2.28. The van der Waals surface area contributed by atoms with Crippen LogP contribution in [0.15, 0.2) is 156 Å². The molecule has 0 fully saturated rings. The molecule has 0 aliphatic carbocycles. The molecule has 0 aromatic heterocycles. The number of ether oxygens (including phenoxy) is 2. The first kappa shape index (κ1) is 49.8. The molecule has 12 heteroatoms. The Balaban J connectivity index is 1.02. The minimum atomic E-state index is -1.15. The van der Waals surface area contributed by atoms with E-state index >= 15 is 9.59 Å². The fourth-order valence-electron chi connectivity index (χ4n) is 12.3. The Morgan fingerprint density at radius 1 is 0.382 bits per heavy atom. The fourth-order valence-corrected chi connectivity index (χ4v) is 12.3. The van der Waals surface area contributed by atoms with E-state index in [-0.39, 0.29) is 11.8 Å². The number of rotatable bonds is 16. The van der Waals surface area contributed by atoms with Crippen LogP contribution < -0.4 is 29.1 Å². The highest BCUT2D eigenvalue weighted by Gasteiger charge is 2.59. The average molecular weight is 1010 g/mol. The molecular weight excluding hydrogens is 945 g/mol. The number of amides is 2. The Kier molecular flexibility index (Phi) is 13.1. The van der Waals surface area contributed by atoms with Gasteiger partial charge in [-0.2, -0.15) is 10.2 Å². The van der Waals surface area contributed by atoms with Gasteiger partial charge in [-0.05, 0) is 109 Å². The van der Waals surface area contributed by atoms with Crippen molar-refractivity contribution in [2.24, 2.45) is 10.2 Å². The molecule has 2 amide bonds. The lowest BCUT2D eigenvalue weighted by Gasteiger charge is -2.42. The summed E-state index contributed by atoms with van der Waals surface area (Å²) in [5, 5.41) is 13.7. The molecule has 0 radical (unpaired) electrons. The maximum absolute atomic E-state index is 15.1. The topological polar surface area (TPSA) is 96.8 Å². The minimum absolute atomic E-state index is 0.216. The van der Waals surface area contributed by atoms with E-state index in [0.717, 1.165) is 120 Å². The predicted molar refractivity (Wildman–Crippen MR) is 307 cm³/mol. The van der Waals surface area contributed by atoms with Crippen molar-refractivity contribution < 1.29 is 19.1 Å². The van der Waals surface area contributed by atoms with Crippen molar-refractivity contribution in [1.82, 2.24) is 10.0 Å². The van der Waals surface area contributed by atoms with Gasteiger partial charge >= 0.3 is 0 Å². The van der Waals surface area contributed by atoms with E-state index in [1.54, 1.807) is 22.4 Å². The Morgan fingerprint density at radius 3 is 0.987 bits per heavy atom. The van der Waals surface area contributed by atoms with Crippen LogP contribution in [-0.2, 0) is 11.1 Å². The molecule has 0 bridgehead atoms. The Labute approximate surface area is 447 Å². The molecule has 12 nitrogen and oxygen atoms in total. The van der Waals surface area contributed by atoms with Crippen molar-refractivity contribution in [2.45, 2.75) is 66.5 Å². The van der Waals surface area contributed by atoms with Gasteiger partial charge in [0.1, 0.15) is 34.1 Å². The molecular formula is C64H66N8O4. The van der Waals surface area contributed by atoms with Crippen molar-refractivity contribution in [1.29, 1.82) is 0 Å². The van der Waals surface area contributed by atoms with Crippen LogP contribution in [0.3, 0.4) is 0 Å². The molecule has 7 aromatic rings. The lowest BCUT2D eigenvalue weighted by atomic mass is 9.75. The molecule has 0 unspecified atom stereocenters. The molecule has 4 aliphatic rings. The first-order valence-electron chi connectivity index (χ1n) is 27.1. The van der Waals surface area contributed by atoms with Gasteiger partial charge < -0.3 is 29.1 Å². The van der Waals surface area contributed by atoms with E-state index in [2.05, 4.69) is 148 Å². The highest BCUT2D eigenvalue weighted by atomic mass is 16.5. The highest BCUT2D eigenvalue weighted by Crippen LogP contribution is 2.60. The lowest BCUT2D eigenvalue weighted by molar-refractivity contribution is 0.0667. The summed E-state index contributed by atoms with van der Waals surface area (Å²) >= 11 is 0. The number of hydrogen-bond donors (Lipinski definition) is 0. The molecule has 0 saturated carbocycles. The summed E-state index contributed by atoms with van der Waals surface area (Å²) in [7, 11) is 0. The Bertz CT molecular complexity index is 3100. The van der Waals surface area contributed by atoms with Gasteiger partial charge in [0.05, 0.1) is 12.4 Å². The molecule has 7 aromatic carbocycles. The summed E-state index contributed by atoms with van der Waals surface area (Å²) in [6.07, 6.45) is 3.49. The van der Waals surface area contributed by atoms with E-state index < -0.39 is 11.1 Å². The quantitative estimate of drug-likeness (QED) is 0.0883. The van der Waals surface area contributed by atoms with E-state index in [9.17, 15) is 0 Å². The van der Waals surface area contributed by atoms with E-state index in [0.29, 0.717) is 34.1 Å². The van der Waals surface area contributed by atoms with Crippen LogP contribution in [0.25, 0.3) is 0 Å². The molecule has 76 heavy (non-hydrogen) atoms. The van der Waals surface area contributed by atoms with Crippen LogP contribution in [0, 0.1) is 0 Å². The first-order chi connectivity index (χ1) is 37.1. The van der Waals surface area contributed by atoms with Crippen LogP contribution in [-0.4, -0.2) is 86.6 Å². The van der Waals surface area contributed by atoms with Gasteiger partial charge in [-0.25, -0.2) is 10.0 Å². The largest absolute Gasteiger partial charge is 0.456 e. The summed E-state index contributed by atoms with van der Waals surface area (Å²) in [6.45, 7) is 23.9. The first-order valence-corrected chi connectivity index (χ1v) is 27.1. The third-order valence-electron chi connectivity index (χ3n) is 16.0. The number of hydrazone groups is 2. The van der Waals surface area contributed by atoms with Crippen LogP contribution in [0.5, 0.6) is 23.0 Å². The van der Waals surface area contributed by atoms with Gasteiger partial charge in [0, 0.05) is 144 Å². The molecule has 11 rings (SSSR count). The molecule has 0 atom stereocenters. The molecule has 386 valence electrons. The number of hydrogen-bond acceptors (Lipinski definition) is 10. The number of fused-ring (bicyclic) bond motifs is 12. The summed E-state index contributed by atoms with van der Waals surface area (Å²) in [5.41, 5.74) is 9.50. The third kappa shape index (κ3) is 7.62. The van der Waals surface area contributed by atoms with Crippen molar-refractivity contribution in [2.75, 3.05) is 72.0 Å². The van der Waals surface area contributed by atoms with Crippen LogP contribution >= 0.6 is 0 Å². The van der Waals surface area contributed by atoms with Gasteiger partial charge in [0.15, 0.2) is 0 Å². The number of carbonyl (C=O) groups excluding carboxylic acids is 2. The van der Waals surface area contributed by atoms with Crippen LogP contribution in [0.2, 0.25) is 0 Å². The molecule has 4 aliphatic heterocycles. The third-order valence-corrected chi connectivity index (χ3v) is 16.0. The zero-order valence-electron chi connectivity index (χ0n) is 44.9. The second-order valence-electron chi connectivity index (χ2n) is 19.5. The van der Waals surface area contributed by atoms with E-state index in [1.165, 1.54) is 0 Å². The fraction of sp³-hybridized carbons (Fsp3) is 0.281. The highest BCUT2D eigenvalue weighted by molar-refractivity contribution is 6.04. The molecule has 4 heterocycles. The van der Waals surface area contributed by atoms with E-state index in [4.69, 9.17) is 19.7 Å². The SMILES string of the molecule is CCN(CC)c1ccc2c(c1)Oc1cc(N(CC)CC)ccc1C21c2ccccc2C(=O)N1/N=C/c1cccc(/C=N/N2C(=O)c3ccccc3C23c2ccc(N(CC)CC)cc2Oc2cc(N(CC)CC)ccc23)c1. The van der Waals surface area contributed by atoms with Crippen LogP contribution in [0.1, 0.15) is 121 Å². The zero-order valence-corrected chi connectivity index (χ0v) is 44.9. The number of nitrogens with zero attached hydrogens (tertiary/aromatic N) is 8. The monoisotopic (exact) mass is 1010 g/mol. The smallest absolute Gasteiger partial charge is 0.275 e. The number of anilines is 4. The normalized spacial score (nSPS) is 15.1. The Morgan fingerprint density at radius 2 is 0.684 bits per heavy atom. The van der Waals surface area contributed by atoms with Crippen molar-refractivity contribution in [3.63, 3.8) is 0 Å². The summed E-state index contributed by atoms with van der Waals surface area (Å²) in [6, 6.07) is 48.9. The molecule has 0 saturated heterocycles. The van der Waals surface area contributed by atoms with E-state index in [1.807, 2.05) is 72.8 Å².